The average Bonchev–Trinajstić information content (AvgIpc) is 2.34. The van der Waals surface area contributed by atoms with Crippen LogP contribution >= 0.6 is 0 Å². The minimum absolute atomic E-state index is 0.338. The Bertz CT molecular complexity index is 146. The summed E-state index contributed by atoms with van der Waals surface area (Å²) in [5.41, 5.74) is 0. The molecule has 0 unspecified atom stereocenters. The van der Waals surface area contributed by atoms with Crippen molar-refractivity contribution >= 4 is 6.21 Å². The molecule has 0 aromatic carbocycles. The van der Waals surface area contributed by atoms with Crippen LogP contribution < -0.4 is 0 Å². The molecule has 0 atom stereocenters. The predicted octanol–water partition coefficient (Wildman–Crippen LogP) is 1.36. The monoisotopic (exact) mass is 123 g/mol. The topological polar surface area (TPSA) is 21.6 Å². The fraction of sp³-hybridized carbons (Fsp3) is 0.286. The molecule has 1 aliphatic rings. The highest BCUT2D eigenvalue weighted by molar-refractivity contribution is 5.66. The Morgan fingerprint density at radius 2 is 2.11 bits per heavy atom. The normalized spacial score (nSPS) is 17.9. The molecule has 2 heteroatoms. The second-order valence-electron chi connectivity index (χ2n) is 1.78. The third kappa shape index (κ3) is 1.72. The van der Waals surface area contributed by atoms with Gasteiger partial charge in [0.15, 0.2) is 0 Å². The maximum atomic E-state index is 4.51. The van der Waals surface area contributed by atoms with Gasteiger partial charge in [0.05, 0.1) is 6.21 Å². The van der Waals surface area contributed by atoms with Crippen molar-refractivity contribution in [3.8, 4) is 0 Å². The van der Waals surface area contributed by atoms with Crippen LogP contribution in [0.2, 0.25) is 0 Å². The highest BCUT2D eigenvalue weighted by atomic mass is 16.6. The van der Waals surface area contributed by atoms with Gasteiger partial charge in [-0.15, -0.1) is 0 Å². The molecule has 48 valence electrons. The standard InChI is InChI=1S/C7H9NO/c1-9-8-6-7-4-2-3-5-7/h2-7H,1H3. The number of oxime groups is 1. The summed E-state index contributed by atoms with van der Waals surface area (Å²) in [5.74, 6) is 0.338. The van der Waals surface area contributed by atoms with E-state index in [1.165, 1.54) is 0 Å². The first-order valence-electron chi connectivity index (χ1n) is 2.85. The van der Waals surface area contributed by atoms with Gasteiger partial charge < -0.3 is 4.84 Å². The maximum Gasteiger partial charge on any atom is 0.106 e. The highest BCUT2D eigenvalue weighted by Gasteiger charge is 1.97. The van der Waals surface area contributed by atoms with Crippen molar-refractivity contribution < 1.29 is 4.84 Å². The van der Waals surface area contributed by atoms with Gasteiger partial charge in [0.25, 0.3) is 0 Å². The molecule has 0 N–H and O–H groups in total. The van der Waals surface area contributed by atoms with Crippen molar-refractivity contribution in [2.24, 2.45) is 11.1 Å². The summed E-state index contributed by atoms with van der Waals surface area (Å²) in [4.78, 5) is 4.51. The molecule has 0 fully saturated rings. The van der Waals surface area contributed by atoms with E-state index < -0.39 is 0 Å². The molecule has 0 saturated carbocycles. The van der Waals surface area contributed by atoms with E-state index in [4.69, 9.17) is 0 Å². The quantitative estimate of drug-likeness (QED) is 0.401. The van der Waals surface area contributed by atoms with Crippen molar-refractivity contribution in [1.29, 1.82) is 0 Å². The summed E-state index contributed by atoms with van der Waals surface area (Å²) < 4.78 is 0. The van der Waals surface area contributed by atoms with Gasteiger partial charge in [-0.1, -0.05) is 29.5 Å². The molecule has 1 aliphatic carbocycles. The largest absolute Gasteiger partial charge is 0.399 e. The lowest BCUT2D eigenvalue weighted by Crippen LogP contribution is -1.89. The fourth-order valence-corrected chi connectivity index (χ4v) is 0.680. The average molecular weight is 123 g/mol. The Balaban J connectivity index is 2.36. The van der Waals surface area contributed by atoms with E-state index in [2.05, 4.69) is 9.99 Å². The third-order valence-corrected chi connectivity index (χ3v) is 1.12. The van der Waals surface area contributed by atoms with Gasteiger partial charge in [-0.05, 0) is 0 Å². The number of allylic oxidation sites excluding steroid dienone is 4. The van der Waals surface area contributed by atoms with E-state index in [1.54, 1.807) is 13.3 Å². The lowest BCUT2D eigenvalue weighted by Gasteiger charge is -1.91. The minimum atomic E-state index is 0.338. The van der Waals surface area contributed by atoms with Gasteiger partial charge in [0.1, 0.15) is 7.11 Å². The van der Waals surface area contributed by atoms with Gasteiger partial charge in [0.2, 0.25) is 0 Å². The Kier molecular flexibility index (Phi) is 2.07. The molecule has 0 aromatic rings. The van der Waals surface area contributed by atoms with Gasteiger partial charge in [-0.25, -0.2) is 0 Å². The molecular weight excluding hydrogens is 114 g/mol. The number of hydrogen-bond donors (Lipinski definition) is 0. The van der Waals surface area contributed by atoms with Gasteiger partial charge in [0, 0.05) is 5.92 Å². The van der Waals surface area contributed by atoms with Crippen molar-refractivity contribution in [2.75, 3.05) is 7.11 Å². The first-order valence-corrected chi connectivity index (χ1v) is 2.85. The van der Waals surface area contributed by atoms with Crippen molar-refractivity contribution in [1.82, 2.24) is 0 Å². The molecular formula is C7H9NO. The van der Waals surface area contributed by atoms with Crippen LogP contribution in [0.5, 0.6) is 0 Å². The van der Waals surface area contributed by atoms with Crippen LogP contribution in [0.4, 0.5) is 0 Å². The fourth-order valence-electron chi connectivity index (χ4n) is 0.680. The van der Waals surface area contributed by atoms with Crippen LogP contribution in [-0.2, 0) is 4.84 Å². The van der Waals surface area contributed by atoms with Gasteiger partial charge in [-0.2, -0.15) is 0 Å². The van der Waals surface area contributed by atoms with Crippen molar-refractivity contribution in [3.05, 3.63) is 24.3 Å². The van der Waals surface area contributed by atoms with E-state index in [0.717, 1.165) is 0 Å². The molecule has 2 nitrogen and oxygen atoms in total. The smallest absolute Gasteiger partial charge is 0.106 e. The molecule has 0 saturated heterocycles. The second kappa shape index (κ2) is 3.07. The van der Waals surface area contributed by atoms with Crippen LogP contribution in [0.1, 0.15) is 0 Å². The van der Waals surface area contributed by atoms with E-state index in [9.17, 15) is 0 Å². The summed E-state index contributed by atoms with van der Waals surface area (Å²) >= 11 is 0. The molecule has 0 bridgehead atoms. The molecule has 9 heavy (non-hydrogen) atoms. The predicted molar refractivity (Wildman–Crippen MR) is 37.3 cm³/mol. The molecule has 0 aromatic heterocycles. The maximum absolute atomic E-state index is 4.51. The van der Waals surface area contributed by atoms with Crippen LogP contribution in [0.3, 0.4) is 0 Å². The Morgan fingerprint density at radius 3 is 2.67 bits per heavy atom. The summed E-state index contributed by atoms with van der Waals surface area (Å²) in [5, 5.41) is 3.63. The zero-order valence-electron chi connectivity index (χ0n) is 5.32. The zero-order valence-corrected chi connectivity index (χ0v) is 5.32. The molecule has 0 heterocycles. The minimum Gasteiger partial charge on any atom is -0.399 e. The second-order valence-corrected chi connectivity index (χ2v) is 1.78. The summed E-state index contributed by atoms with van der Waals surface area (Å²) in [6, 6.07) is 0. The van der Waals surface area contributed by atoms with E-state index in [0.29, 0.717) is 5.92 Å². The van der Waals surface area contributed by atoms with Crippen LogP contribution in [0.15, 0.2) is 29.5 Å². The first-order chi connectivity index (χ1) is 4.43. The van der Waals surface area contributed by atoms with Crippen LogP contribution in [0.25, 0.3) is 0 Å². The summed E-state index contributed by atoms with van der Waals surface area (Å²) in [6.45, 7) is 0. The molecule has 0 radical (unpaired) electrons. The van der Waals surface area contributed by atoms with Crippen molar-refractivity contribution in [3.63, 3.8) is 0 Å². The lowest BCUT2D eigenvalue weighted by molar-refractivity contribution is 0.214. The molecule has 0 amide bonds. The van der Waals surface area contributed by atoms with Gasteiger partial charge in [-0.3, -0.25) is 0 Å². The summed E-state index contributed by atoms with van der Waals surface area (Å²) in [7, 11) is 1.54. The Labute approximate surface area is 54.5 Å². The van der Waals surface area contributed by atoms with E-state index in [1.807, 2.05) is 24.3 Å². The summed E-state index contributed by atoms with van der Waals surface area (Å²) in [6.07, 6.45) is 9.82. The van der Waals surface area contributed by atoms with E-state index >= 15 is 0 Å². The highest BCUT2D eigenvalue weighted by Crippen LogP contribution is 2.04. The number of rotatable bonds is 2. The molecule has 1 rings (SSSR count). The molecule has 0 aliphatic heterocycles. The number of hydrogen-bond acceptors (Lipinski definition) is 2. The SMILES string of the molecule is CON=CC1C=CC=C1. The molecule has 0 spiro atoms. The van der Waals surface area contributed by atoms with Crippen LogP contribution in [0, 0.1) is 5.92 Å². The third-order valence-electron chi connectivity index (χ3n) is 1.12. The van der Waals surface area contributed by atoms with Crippen LogP contribution in [-0.4, -0.2) is 13.3 Å². The Morgan fingerprint density at radius 1 is 1.44 bits per heavy atom. The first kappa shape index (κ1) is 6.08. The lowest BCUT2D eigenvalue weighted by atomic mass is 10.2. The van der Waals surface area contributed by atoms with Crippen molar-refractivity contribution in [2.45, 2.75) is 0 Å². The van der Waals surface area contributed by atoms with Gasteiger partial charge >= 0.3 is 0 Å². The Hall–Kier alpha value is -1.05. The van der Waals surface area contributed by atoms with E-state index in [-0.39, 0.29) is 0 Å². The number of nitrogens with zero attached hydrogens (tertiary/aromatic N) is 1. The zero-order chi connectivity index (χ0) is 6.53.